The van der Waals surface area contributed by atoms with E-state index in [2.05, 4.69) is 4.74 Å². The van der Waals surface area contributed by atoms with Crippen molar-refractivity contribution >= 4 is 35.4 Å². The molecule has 0 aliphatic rings. The molecule has 0 saturated heterocycles. The zero-order valence-corrected chi connectivity index (χ0v) is 7.39. The molecule has 0 spiro atoms. The van der Waals surface area contributed by atoms with Crippen molar-refractivity contribution in [1.29, 1.82) is 0 Å². The Morgan fingerprint density at radius 1 is 1.42 bits per heavy atom. The van der Waals surface area contributed by atoms with Gasteiger partial charge in [-0.25, -0.2) is 0 Å². The number of ether oxygens (including phenoxy) is 1. The summed E-state index contributed by atoms with van der Waals surface area (Å²) in [5.74, 6) is 0.169. The van der Waals surface area contributed by atoms with E-state index in [0.717, 1.165) is 0 Å². The van der Waals surface area contributed by atoms with Gasteiger partial charge in [0.25, 0.3) is 6.47 Å². The van der Waals surface area contributed by atoms with Crippen molar-refractivity contribution in [2.24, 2.45) is 0 Å². The van der Waals surface area contributed by atoms with Crippen molar-refractivity contribution in [1.82, 2.24) is 0 Å². The lowest BCUT2D eigenvalue weighted by Crippen LogP contribution is -1.95. The number of halogens is 2. The minimum atomic E-state index is 0.169. The minimum Gasteiger partial charge on any atom is -0.426 e. The quantitative estimate of drug-likeness (QED) is 0.595. The van der Waals surface area contributed by atoms with E-state index in [0.29, 0.717) is 5.02 Å². The van der Waals surface area contributed by atoms with Crippen LogP contribution in [0.15, 0.2) is 12.1 Å². The Morgan fingerprint density at radius 2 is 2.08 bits per heavy atom. The minimum absolute atomic E-state index is 0.169. The summed E-state index contributed by atoms with van der Waals surface area (Å²) >= 11 is 11.3. The maximum atomic E-state index is 9.99. The molecule has 0 saturated carbocycles. The van der Waals surface area contributed by atoms with Crippen molar-refractivity contribution in [3.63, 3.8) is 0 Å². The lowest BCUT2D eigenvalue weighted by atomic mass is 10.3. The van der Waals surface area contributed by atoms with Gasteiger partial charge in [-0.15, -0.1) is 0 Å². The summed E-state index contributed by atoms with van der Waals surface area (Å²) in [5.41, 5.74) is 5.67. The maximum Gasteiger partial charge on any atom is 0.298 e. The van der Waals surface area contributed by atoms with E-state index in [1.165, 1.54) is 12.1 Å². The number of anilines is 1. The number of hydrogen-bond donors (Lipinski definition) is 1. The van der Waals surface area contributed by atoms with Crippen LogP contribution in [0.4, 0.5) is 5.69 Å². The third-order valence-electron chi connectivity index (χ3n) is 1.23. The number of rotatable bonds is 2. The number of nitrogen functional groups attached to an aromatic ring is 1. The number of carbonyl (C=O) groups is 1. The van der Waals surface area contributed by atoms with E-state index in [9.17, 15) is 4.79 Å². The summed E-state index contributed by atoms with van der Waals surface area (Å²) in [7, 11) is 0. The summed E-state index contributed by atoms with van der Waals surface area (Å²) in [6.45, 7) is 0.262. The van der Waals surface area contributed by atoms with Crippen molar-refractivity contribution in [3.05, 3.63) is 22.2 Å². The number of benzene rings is 1. The van der Waals surface area contributed by atoms with Crippen molar-refractivity contribution in [2.75, 3.05) is 5.73 Å². The summed E-state index contributed by atoms with van der Waals surface area (Å²) in [4.78, 5) is 9.99. The second kappa shape index (κ2) is 3.65. The monoisotopic (exact) mass is 205 g/mol. The second-order valence-electron chi connectivity index (χ2n) is 2.01. The van der Waals surface area contributed by atoms with E-state index in [1.54, 1.807) is 0 Å². The number of hydrogen-bond acceptors (Lipinski definition) is 3. The SMILES string of the molecule is Nc1c(Cl)cc(Cl)cc1OC=O. The molecule has 1 aromatic carbocycles. The largest absolute Gasteiger partial charge is 0.426 e. The van der Waals surface area contributed by atoms with E-state index in [4.69, 9.17) is 28.9 Å². The van der Waals surface area contributed by atoms with Gasteiger partial charge < -0.3 is 10.5 Å². The van der Waals surface area contributed by atoms with Crippen LogP contribution in [-0.4, -0.2) is 6.47 Å². The normalized spacial score (nSPS) is 9.50. The van der Waals surface area contributed by atoms with Crippen LogP contribution >= 0.6 is 23.2 Å². The molecule has 2 N–H and O–H groups in total. The Labute approximate surface area is 79.0 Å². The average molecular weight is 206 g/mol. The highest BCUT2D eigenvalue weighted by Gasteiger charge is 2.06. The van der Waals surface area contributed by atoms with E-state index < -0.39 is 0 Å². The van der Waals surface area contributed by atoms with Crippen LogP contribution in [0, 0.1) is 0 Å². The first-order chi connectivity index (χ1) is 5.65. The molecule has 0 aromatic heterocycles. The molecule has 3 nitrogen and oxygen atoms in total. The second-order valence-corrected chi connectivity index (χ2v) is 2.86. The van der Waals surface area contributed by atoms with Crippen LogP contribution < -0.4 is 10.5 Å². The van der Waals surface area contributed by atoms with Crippen LogP contribution in [-0.2, 0) is 4.79 Å². The molecule has 0 fully saturated rings. The zero-order chi connectivity index (χ0) is 9.14. The fraction of sp³-hybridized carbons (Fsp3) is 0. The molecule has 0 radical (unpaired) electrons. The third-order valence-corrected chi connectivity index (χ3v) is 1.76. The summed E-state index contributed by atoms with van der Waals surface area (Å²) < 4.78 is 4.52. The highest BCUT2D eigenvalue weighted by atomic mass is 35.5. The van der Waals surface area contributed by atoms with Crippen LogP contribution in [0.3, 0.4) is 0 Å². The van der Waals surface area contributed by atoms with Crippen molar-refractivity contribution in [3.8, 4) is 5.75 Å². The van der Waals surface area contributed by atoms with Gasteiger partial charge in [-0.3, -0.25) is 4.79 Å². The van der Waals surface area contributed by atoms with Gasteiger partial charge >= 0.3 is 0 Å². The molecule has 64 valence electrons. The van der Waals surface area contributed by atoms with Gasteiger partial charge in [0.05, 0.1) is 10.7 Å². The van der Waals surface area contributed by atoms with Gasteiger partial charge in [0.1, 0.15) is 0 Å². The summed E-state index contributed by atoms with van der Waals surface area (Å²) in [6, 6.07) is 2.88. The molecule has 1 rings (SSSR count). The Bertz CT molecular complexity index is 315. The average Bonchev–Trinajstić information content (AvgIpc) is 2.00. The van der Waals surface area contributed by atoms with Gasteiger partial charge in [0.15, 0.2) is 5.75 Å². The van der Waals surface area contributed by atoms with Crippen molar-refractivity contribution in [2.45, 2.75) is 0 Å². The third kappa shape index (κ3) is 1.81. The molecule has 0 aliphatic heterocycles. The lowest BCUT2D eigenvalue weighted by molar-refractivity contribution is -0.120. The number of carbonyl (C=O) groups excluding carboxylic acids is 1. The molecular formula is C7H5Cl2NO2. The molecule has 1 aromatic rings. The van der Waals surface area contributed by atoms with Gasteiger partial charge in [0, 0.05) is 11.1 Å². The molecule has 0 aliphatic carbocycles. The van der Waals surface area contributed by atoms with Crippen LogP contribution in [0.5, 0.6) is 5.75 Å². The topological polar surface area (TPSA) is 52.3 Å². The Balaban J connectivity index is 3.17. The first-order valence-electron chi connectivity index (χ1n) is 3.00. The summed E-state index contributed by atoms with van der Waals surface area (Å²) in [6.07, 6.45) is 0. The molecule has 5 heteroatoms. The van der Waals surface area contributed by atoms with Crippen molar-refractivity contribution < 1.29 is 9.53 Å². The summed E-state index contributed by atoms with van der Waals surface area (Å²) in [5, 5.41) is 0.630. The zero-order valence-electron chi connectivity index (χ0n) is 5.88. The van der Waals surface area contributed by atoms with E-state index in [-0.39, 0.29) is 22.9 Å². The highest BCUT2D eigenvalue weighted by Crippen LogP contribution is 2.32. The Kier molecular flexibility index (Phi) is 2.78. The Morgan fingerprint density at radius 3 is 2.67 bits per heavy atom. The molecule has 0 atom stereocenters. The first-order valence-corrected chi connectivity index (χ1v) is 3.75. The van der Waals surface area contributed by atoms with Crippen LogP contribution in [0.2, 0.25) is 10.0 Å². The van der Waals surface area contributed by atoms with Crippen LogP contribution in [0.1, 0.15) is 0 Å². The van der Waals surface area contributed by atoms with Gasteiger partial charge in [0.2, 0.25) is 0 Å². The predicted molar refractivity (Wildman–Crippen MR) is 47.6 cm³/mol. The number of nitrogens with two attached hydrogens (primary N) is 1. The standard InChI is InChI=1S/C7H5Cl2NO2/c8-4-1-5(9)7(10)6(2-4)12-3-11/h1-3H,10H2. The molecule has 12 heavy (non-hydrogen) atoms. The highest BCUT2D eigenvalue weighted by molar-refractivity contribution is 6.36. The smallest absolute Gasteiger partial charge is 0.298 e. The fourth-order valence-corrected chi connectivity index (χ4v) is 1.19. The predicted octanol–water partition coefficient (Wildman–Crippen LogP) is 2.11. The molecule has 0 heterocycles. The molecule has 0 unspecified atom stereocenters. The molecular weight excluding hydrogens is 201 g/mol. The first kappa shape index (κ1) is 9.16. The van der Waals surface area contributed by atoms with E-state index >= 15 is 0 Å². The maximum absolute atomic E-state index is 9.99. The fourth-order valence-electron chi connectivity index (χ4n) is 0.710. The lowest BCUT2D eigenvalue weighted by Gasteiger charge is -2.04. The van der Waals surface area contributed by atoms with Gasteiger partial charge in [-0.1, -0.05) is 23.2 Å². The Hall–Kier alpha value is -0.930. The van der Waals surface area contributed by atoms with Crippen LogP contribution in [0.25, 0.3) is 0 Å². The van der Waals surface area contributed by atoms with Gasteiger partial charge in [-0.2, -0.15) is 0 Å². The molecule has 0 amide bonds. The molecule has 0 bridgehead atoms. The van der Waals surface area contributed by atoms with E-state index in [1.807, 2.05) is 0 Å². The van der Waals surface area contributed by atoms with Gasteiger partial charge in [-0.05, 0) is 6.07 Å².